The fourth-order valence-electron chi connectivity index (χ4n) is 3.36. The predicted octanol–water partition coefficient (Wildman–Crippen LogP) is 2.93. The molecule has 2 rings (SSSR count). The topological polar surface area (TPSA) is 77.8 Å². The Bertz CT molecular complexity index is 934. The number of hydrogen-bond acceptors (Lipinski definition) is 5. The zero-order chi connectivity index (χ0) is 22.4. The van der Waals surface area contributed by atoms with Gasteiger partial charge in [0.1, 0.15) is 11.5 Å². The van der Waals surface area contributed by atoms with Crippen LogP contribution in [-0.2, 0) is 16.5 Å². The van der Waals surface area contributed by atoms with E-state index in [1.807, 2.05) is 0 Å². The van der Waals surface area contributed by atoms with Crippen molar-refractivity contribution in [3.63, 3.8) is 0 Å². The third-order valence-electron chi connectivity index (χ3n) is 4.96. The molecular formula is C22H27FN2O5. The molecule has 1 heterocycles. The molecule has 0 aliphatic carbocycles. The lowest BCUT2D eigenvalue weighted by Crippen LogP contribution is -2.38. The molecule has 7 nitrogen and oxygen atoms in total. The molecule has 0 atom stereocenters. The molecule has 0 spiro atoms. The highest BCUT2D eigenvalue weighted by Gasteiger charge is 2.28. The lowest BCUT2D eigenvalue weighted by atomic mass is 10.0. The third kappa shape index (κ3) is 4.94. The summed E-state index contributed by atoms with van der Waals surface area (Å²) in [6, 6.07) is 5.14. The first-order chi connectivity index (χ1) is 14.2. The van der Waals surface area contributed by atoms with Crippen LogP contribution in [0.5, 0.6) is 0 Å². The van der Waals surface area contributed by atoms with Crippen molar-refractivity contribution in [3.8, 4) is 0 Å². The number of methoxy groups -OCH3 is 1. The number of nitrogens with zero attached hydrogens (tertiary/aromatic N) is 2. The molecule has 0 radical (unpaired) electrons. The van der Waals surface area contributed by atoms with Crippen LogP contribution >= 0.6 is 0 Å². The van der Waals surface area contributed by atoms with E-state index in [9.17, 15) is 18.8 Å². The number of halogens is 1. The van der Waals surface area contributed by atoms with E-state index in [0.29, 0.717) is 22.5 Å². The van der Waals surface area contributed by atoms with Gasteiger partial charge in [-0.15, -0.1) is 0 Å². The maximum Gasteiger partial charge on any atom is 0.355 e. The second-order valence-corrected chi connectivity index (χ2v) is 6.86. The van der Waals surface area contributed by atoms with E-state index in [0.717, 1.165) is 0 Å². The molecule has 162 valence electrons. The molecular weight excluding hydrogens is 391 g/mol. The van der Waals surface area contributed by atoms with Crippen LogP contribution in [0.2, 0.25) is 0 Å². The molecule has 8 heteroatoms. The van der Waals surface area contributed by atoms with Crippen molar-refractivity contribution in [2.75, 3.05) is 33.4 Å². The number of carbonyl (C=O) groups is 3. The van der Waals surface area contributed by atoms with Gasteiger partial charge in [-0.25, -0.2) is 9.18 Å². The quantitative estimate of drug-likeness (QED) is 0.462. The first-order valence-corrected chi connectivity index (χ1v) is 9.62. The van der Waals surface area contributed by atoms with Crippen LogP contribution in [0.15, 0.2) is 24.3 Å². The maximum absolute atomic E-state index is 13.2. The maximum atomic E-state index is 13.2. The van der Waals surface area contributed by atoms with Gasteiger partial charge < -0.3 is 18.9 Å². The summed E-state index contributed by atoms with van der Waals surface area (Å²) in [5.74, 6) is -1.66. The van der Waals surface area contributed by atoms with E-state index in [-0.39, 0.29) is 37.6 Å². The zero-order valence-corrected chi connectivity index (χ0v) is 18.0. The van der Waals surface area contributed by atoms with E-state index >= 15 is 0 Å². The van der Waals surface area contributed by atoms with Gasteiger partial charge in [0, 0.05) is 37.5 Å². The summed E-state index contributed by atoms with van der Waals surface area (Å²) in [4.78, 5) is 39.7. The molecule has 1 amide bonds. The fourth-order valence-corrected chi connectivity index (χ4v) is 3.36. The molecule has 1 aromatic carbocycles. The summed E-state index contributed by atoms with van der Waals surface area (Å²) in [6.07, 6.45) is 0. The summed E-state index contributed by atoms with van der Waals surface area (Å²) in [5, 5.41) is 0. The number of benzene rings is 1. The van der Waals surface area contributed by atoms with Crippen molar-refractivity contribution < 1.29 is 28.2 Å². The number of Topliss-reactive ketones (excluding diaryl/α,β-unsaturated/α-hetero) is 1. The molecule has 0 fully saturated rings. The monoisotopic (exact) mass is 418 g/mol. The van der Waals surface area contributed by atoms with E-state index in [4.69, 9.17) is 9.47 Å². The van der Waals surface area contributed by atoms with Crippen LogP contribution < -0.4 is 0 Å². The SMILES string of the molecule is CCOC(=O)c1c(C)c(C(=O)CN(CCOC)C(=O)c2ccc(F)cc2)c(C)n1C. The van der Waals surface area contributed by atoms with Crippen LogP contribution in [0, 0.1) is 19.7 Å². The Morgan fingerprint density at radius 1 is 1.13 bits per heavy atom. The molecule has 0 unspecified atom stereocenters. The third-order valence-corrected chi connectivity index (χ3v) is 4.96. The van der Waals surface area contributed by atoms with E-state index in [2.05, 4.69) is 0 Å². The molecule has 30 heavy (non-hydrogen) atoms. The largest absolute Gasteiger partial charge is 0.461 e. The number of esters is 1. The van der Waals surface area contributed by atoms with E-state index in [1.165, 1.54) is 36.3 Å². The molecule has 0 aliphatic heterocycles. The van der Waals surface area contributed by atoms with Gasteiger partial charge in [0.05, 0.1) is 19.8 Å². The summed E-state index contributed by atoms with van der Waals surface area (Å²) in [7, 11) is 3.19. The number of amides is 1. The van der Waals surface area contributed by atoms with Gasteiger partial charge in [-0.3, -0.25) is 9.59 Å². The van der Waals surface area contributed by atoms with Crippen LogP contribution in [0.3, 0.4) is 0 Å². The highest BCUT2D eigenvalue weighted by atomic mass is 19.1. The van der Waals surface area contributed by atoms with Crippen molar-refractivity contribution >= 4 is 17.7 Å². The average molecular weight is 418 g/mol. The summed E-state index contributed by atoms with van der Waals surface area (Å²) in [5.41, 5.74) is 2.09. The van der Waals surface area contributed by atoms with E-state index < -0.39 is 17.7 Å². The second kappa shape index (κ2) is 10.2. The summed E-state index contributed by atoms with van der Waals surface area (Å²) < 4.78 is 25.0. The Hall–Kier alpha value is -3.00. The van der Waals surface area contributed by atoms with Crippen molar-refractivity contribution in [2.45, 2.75) is 20.8 Å². The highest BCUT2D eigenvalue weighted by Crippen LogP contribution is 2.23. The minimum Gasteiger partial charge on any atom is -0.461 e. The lowest BCUT2D eigenvalue weighted by Gasteiger charge is -2.22. The smallest absolute Gasteiger partial charge is 0.355 e. The Morgan fingerprint density at radius 3 is 2.33 bits per heavy atom. The number of hydrogen-bond donors (Lipinski definition) is 0. The molecule has 0 bridgehead atoms. The molecule has 1 aromatic heterocycles. The van der Waals surface area contributed by atoms with Gasteiger partial charge >= 0.3 is 5.97 Å². The number of carbonyl (C=O) groups excluding carboxylic acids is 3. The molecule has 0 saturated heterocycles. The van der Waals surface area contributed by atoms with Crippen molar-refractivity contribution in [1.82, 2.24) is 9.47 Å². The zero-order valence-electron chi connectivity index (χ0n) is 18.0. The fraction of sp³-hybridized carbons (Fsp3) is 0.409. The minimum atomic E-state index is -0.502. The van der Waals surface area contributed by atoms with Crippen molar-refractivity contribution in [2.24, 2.45) is 7.05 Å². The summed E-state index contributed by atoms with van der Waals surface area (Å²) in [6.45, 7) is 5.59. The Kier molecular flexibility index (Phi) is 7.88. The highest BCUT2D eigenvalue weighted by molar-refractivity contribution is 6.06. The van der Waals surface area contributed by atoms with Gasteiger partial charge in [0.15, 0.2) is 5.78 Å². The average Bonchev–Trinajstić information content (AvgIpc) is 2.93. The van der Waals surface area contributed by atoms with Gasteiger partial charge in [-0.2, -0.15) is 0 Å². The number of rotatable bonds is 9. The Morgan fingerprint density at radius 2 is 1.77 bits per heavy atom. The van der Waals surface area contributed by atoms with Crippen LogP contribution in [0.1, 0.15) is 49.4 Å². The number of aromatic nitrogens is 1. The first kappa shape index (κ1) is 23.3. The second-order valence-electron chi connectivity index (χ2n) is 6.86. The van der Waals surface area contributed by atoms with Crippen molar-refractivity contribution in [3.05, 3.63) is 58.2 Å². The number of ether oxygens (including phenoxy) is 2. The first-order valence-electron chi connectivity index (χ1n) is 9.62. The number of ketones is 1. The van der Waals surface area contributed by atoms with Crippen LogP contribution in [0.4, 0.5) is 4.39 Å². The Balaban J connectivity index is 2.33. The molecule has 0 aliphatic rings. The van der Waals surface area contributed by atoms with Crippen molar-refractivity contribution in [1.29, 1.82) is 0 Å². The molecule has 0 N–H and O–H groups in total. The lowest BCUT2D eigenvalue weighted by molar-refractivity contribution is 0.0514. The normalized spacial score (nSPS) is 10.7. The summed E-state index contributed by atoms with van der Waals surface area (Å²) >= 11 is 0. The van der Waals surface area contributed by atoms with Gasteiger partial charge in [0.25, 0.3) is 5.91 Å². The van der Waals surface area contributed by atoms with E-state index in [1.54, 1.807) is 32.4 Å². The predicted molar refractivity (Wildman–Crippen MR) is 109 cm³/mol. The van der Waals surface area contributed by atoms with Gasteiger partial charge in [-0.05, 0) is 50.6 Å². The van der Waals surface area contributed by atoms with Gasteiger partial charge in [0.2, 0.25) is 0 Å². The molecule has 2 aromatic rings. The van der Waals surface area contributed by atoms with Gasteiger partial charge in [-0.1, -0.05) is 0 Å². The van der Waals surface area contributed by atoms with Crippen LogP contribution in [-0.4, -0.2) is 60.5 Å². The minimum absolute atomic E-state index is 0.189. The Labute approximate surface area is 175 Å². The standard InChI is InChI=1S/C22H27FN2O5/c1-6-30-22(28)20-14(2)19(15(3)24(20)4)18(26)13-25(11-12-29-5)21(27)16-7-9-17(23)10-8-16/h7-10H,6,11-13H2,1-5H3. The van der Waals surface area contributed by atoms with Crippen LogP contribution in [0.25, 0.3) is 0 Å². The molecule has 0 saturated carbocycles.